The van der Waals surface area contributed by atoms with Gasteiger partial charge in [-0.25, -0.2) is 14.4 Å². The standard InChI is InChI=1S/C15H12F3N5O/c16-11-3-1-9(2-4-11)5-6-19-15-20-7-10(8-21-15)13-22-23-14(24-13)12(17)18/h1-4,7-8,12H,5-6H2,(H,19,20,21). The van der Waals surface area contributed by atoms with Crippen molar-refractivity contribution in [1.29, 1.82) is 0 Å². The minimum Gasteiger partial charge on any atom is -0.415 e. The molecule has 2 heterocycles. The molecule has 0 saturated heterocycles. The van der Waals surface area contributed by atoms with E-state index in [1.807, 2.05) is 0 Å². The SMILES string of the molecule is Fc1ccc(CCNc2ncc(-c3nnc(C(F)F)o3)cn2)cc1. The fourth-order valence-corrected chi connectivity index (χ4v) is 1.94. The second kappa shape index (κ2) is 7.07. The molecule has 6 nitrogen and oxygen atoms in total. The average Bonchev–Trinajstić information content (AvgIpc) is 3.08. The van der Waals surface area contributed by atoms with Gasteiger partial charge in [0.15, 0.2) is 0 Å². The van der Waals surface area contributed by atoms with E-state index in [-0.39, 0.29) is 11.7 Å². The molecule has 1 N–H and O–H groups in total. The Morgan fingerprint density at radius 1 is 1.04 bits per heavy atom. The summed E-state index contributed by atoms with van der Waals surface area (Å²) < 4.78 is 42.4. The Kier molecular flexibility index (Phi) is 4.69. The maximum atomic E-state index is 12.8. The van der Waals surface area contributed by atoms with E-state index in [2.05, 4.69) is 25.5 Å². The number of nitrogens with one attached hydrogen (secondary N) is 1. The summed E-state index contributed by atoms with van der Waals surface area (Å²) in [7, 11) is 0. The monoisotopic (exact) mass is 335 g/mol. The Balaban J connectivity index is 1.57. The molecule has 0 aliphatic heterocycles. The third-order valence-electron chi connectivity index (χ3n) is 3.14. The van der Waals surface area contributed by atoms with Crippen LogP contribution in [0.15, 0.2) is 41.1 Å². The maximum absolute atomic E-state index is 12.8. The second-order valence-electron chi connectivity index (χ2n) is 4.84. The van der Waals surface area contributed by atoms with Gasteiger partial charge in [-0.15, -0.1) is 10.2 Å². The van der Waals surface area contributed by atoms with Gasteiger partial charge in [0.1, 0.15) is 5.82 Å². The molecule has 1 aromatic carbocycles. The highest BCUT2D eigenvalue weighted by Crippen LogP contribution is 2.22. The number of hydrogen-bond donors (Lipinski definition) is 1. The van der Waals surface area contributed by atoms with Crippen molar-refractivity contribution in [2.24, 2.45) is 0 Å². The molecule has 0 fully saturated rings. The summed E-state index contributed by atoms with van der Waals surface area (Å²) in [5, 5.41) is 9.77. The highest BCUT2D eigenvalue weighted by Gasteiger charge is 2.17. The molecule has 2 aromatic heterocycles. The largest absolute Gasteiger partial charge is 0.415 e. The van der Waals surface area contributed by atoms with Gasteiger partial charge in [0.05, 0.1) is 5.56 Å². The Bertz CT molecular complexity index is 790. The molecule has 3 rings (SSSR count). The normalized spacial score (nSPS) is 11.0. The summed E-state index contributed by atoms with van der Waals surface area (Å²) in [6, 6.07) is 6.21. The first-order valence-corrected chi connectivity index (χ1v) is 7.04. The lowest BCUT2D eigenvalue weighted by Gasteiger charge is -2.05. The van der Waals surface area contributed by atoms with Crippen molar-refractivity contribution in [3.8, 4) is 11.5 Å². The molecule has 3 aromatic rings. The van der Waals surface area contributed by atoms with Crippen LogP contribution in [-0.4, -0.2) is 26.7 Å². The Morgan fingerprint density at radius 3 is 2.38 bits per heavy atom. The number of nitrogens with zero attached hydrogens (tertiary/aromatic N) is 4. The number of anilines is 1. The van der Waals surface area contributed by atoms with Gasteiger partial charge in [-0.3, -0.25) is 0 Å². The van der Waals surface area contributed by atoms with E-state index in [0.717, 1.165) is 5.56 Å². The minimum absolute atomic E-state index is 0.0665. The quantitative estimate of drug-likeness (QED) is 0.745. The van der Waals surface area contributed by atoms with Crippen LogP contribution in [0.5, 0.6) is 0 Å². The van der Waals surface area contributed by atoms with E-state index in [0.29, 0.717) is 24.5 Å². The molecule has 0 unspecified atom stereocenters. The first kappa shape index (κ1) is 15.9. The Morgan fingerprint density at radius 2 is 1.75 bits per heavy atom. The maximum Gasteiger partial charge on any atom is 0.314 e. The summed E-state index contributed by atoms with van der Waals surface area (Å²) in [5.41, 5.74) is 1.32. The molecule has 0 bridgehead atoms. The van der Waals surface area contributed by atoms with Crippen LogP contribution in [-0.2, 0) is 6.42 Å². The third kappa shape index (κ3) is 3.86. The second-order valence-corrected chi connectivity index (χ2v) is 4.84. The number of halogens is 3. The molecule has 24 heavy (non-hydrogen) atoms. The van der Waals surface area contributed by atoms with Gasteiger partial charge in [-0.05, 0) is 24.1 Å². The molecule has 0 saturated carbocycles. The fourth-order valence-electron chi connectivity index (χ4n) is 1.94. The predicted octanol–water partition coefficient (Wildman–Crippen LogP) is 3.26. The van der Waals surface area contributed by atoms with Crippen molar-refractivity contribution >= 4 is 5.95 Å². The number of rotatable bonds is 6. The topological polar surface area (TPSA) is 76.7 Å². The molecule has 0 spiro atoms. The van der Waals surface area contributed by atoms with E-state index < -0.39 is 12.3 Å². The van der Waals surface area contributed by atoms with Crippen LogP contribution in [0.2, 0.25) is 0 Å². The van der Waals surface area contributed by atoms with Crippen molar-refractivity contribution in [3.63, 3.8) is 0 Å². The van der Waals surface area contributed by atoms with Crippen molar-refractivity contribution < 1.29 is 17.6 Å². The molecule has 124 valence electrons. The zero-order valence-electron chi connectivity index (χ0n) is 12.3. The van der Waals surface area contributed by atoms with Crippen LogP contribution in [0.25, 0.3) is 11.5 Å². The van der Waals surface area contributed by atoms with Crippen LogP contribution in [0.3, 0.4) is 0 Å². The first-order chi connectivity index (χ1) is 11.6. The van der Waals surface area contributed by atoms with E-state index in [1.165, 1.54) is 24.5 Å². The fraction of sp³-hybridized carbons (Fsp3) is 0.200. The summed E-state index contributed by atoms with van der Waals surface area (Å²) in [6.45, 7) is 0.557. The number of aromatic nitrogens is 4. The van der Waals surface area contributed by atoms with Crippen molar-refractivity contribution in [3.05, 3.63) is 53.9 Å². The summed E-state index contributed by atoms with van der Waals surface area (Å²) in [4.78, 5) is 8.11. The highest BCUT2D eigenvalue weighted by atomic mass is 19.3. The highest BCUT2D eigenvalue weighted by molar-refractivity contribution is 5.50. The molecule has 0 aliphatic rings. The van der Waals surface area contributed by atoms with Gasteiger partial charge in [0.2, 0.25) is 5.95 Å². The van der Waals surface area contributed by atoms with Crippen LogP contribution < -0.4 is 5.32 Å². The van der Waals surface area contributed by atoms with E-state index in [9.17, 15) is 13.2 Å². The van der Waals surface area contributed by atoms with Crippen molar-refractivity contribution in [2.75, 3.05) is 11.9 Å². The van der Waals surface area contributed by atoms with E-state index >= 15 is 0 Å². The van der Waals surface area contributed by atoms with Crippen molar-refractivity contribution in [1.82, 2.24) is 20.2 Å². The predicted molar refractivity (Wildman–Crippen MR) is 78.9 cm³/mol. The molecular formula is C15H12F3N5O. The number of benzene rings is 1. The van der Waals surface area contributed by atoms with Crippen LogP contribution in [0, 0.1) is 5.82 Å². The lowest BCUT2D eigenvalue weighted by Crippen LogP contribution is -2.07. The van der Waals surface area contributed by atoms with Gasteiger partial charge in [-0.1, -0.05) is 12.1 Å². The molecule has 0 atom stereocenters. The molecule has 0 amide bonds. The van der Waals surface area contributed by atoms with E-state index in [4.69, 9.17) is 4.42 Å². The zero-order chi connectivity index (χ0) is 16.9. The van der Waals surface area contributed by atoms with Gasteiger partial charge >= 0.3 is 6.43 Å². The summed E-state index contributed by atoms with van der Waals surface area (Å²) in [6.07, 6.45) is 0.651. The molecule has 0 aliphatic carbocycles. The van der Waals surface area contributed by atoms with Crippen LogP contribution >= 0.6 is 0 Å². The Labute approximate surface area is 134 Å². The lowest BCUT2D eigenvalue weighted by atomic mass is 10.1. The summed E-state index contributed by atoms with van der Waals surface area (Å²) >= 11 is 0. The Hall–Kier alpha value is -2.97. The smallest absolute Gasteiger partial charge is 0.314 e. The number of alkyl halides is 2. The average molecular weight is 335 g/mol. The van der Waals surface area contributed by atoms with Crippen LogP contribution in [0.4, 0.5) is 19.1 Å². The lowest BCUT2D eigenvalue weighted by molar-refractivity contribution is 0.116. The van der Waals surface area contributed by atoms with Gasteiger partial charge in [-0.2, -0.15) is 8.78 Å². The molecule has 9 heteroatoms. The van der Waals surface area contributed by atoms with Gasteiger partial charge in [0, 0.05) is 18.9 Å². The first-order valence-electron chi connectivity index (χ1n) is 7.04. The number of hydrogen-bond acceptors (Lipinski definition) is 6. The van der Waals surface area contributed by atoms with Gasteiger partial charge in [0.25, 0.3) is 11.8 Å². The third-order valence-corrected chi connectivity index (χ3v) is 3.14. The summed E-state index contributed by atoms with van der Waals surface area (Å²) in [5.74, 6) is -0.717. The van der Waals surface area contributed by atoms with Gasteiger partial charge < -0.3 is 9.73 Å². The van der Waals surface area contributed by atoms with Crippen molar-refractivity contribution in [2.45, 2.75) is 12.8 Å². The molecule has 0 radical (unpaired) electrons. The minimum atomic E-state index is -2.82. The van der Waals surface area contributed by atoms with Crippen LogP contribution in [0.1, 0.15) is 17.9 Å². The molecular weight excluding hydrogens is 323 g/mol. The van der Waals surface area contributed by atoms with E-state index in [1.54, 1.807) is 12.1 Å². The zero-order valence-corrected chi connectivity index (χ0v) is 12.3.